The van der Waals surface area contributed by atoms with Crippen LogP contribution in [0.5, 0.6) is 0 Å². The van der Waals surface area contributed by atoms with Crippen molar-refractivity contribution in [1.82, 2.24) is 5.32 Å². The van der Waals surface area contributed by atoms with E-state index in [1.807, 2.05) is 24.3 Å². The van der Waals surface area contributed by atoms with Crippen molar-refractivity contribution < 1.29 is 14.3 Å². The molecule has 5 nitrogen and oxygen atoms in total. The van der Waals surface area contributed by atoms with E-state index < -0.39 is 0 Å². The monoisotopic (exact) mass is 432 g/mol. The second kappa shape index (κ2) is 10.8. The Balaban J connectivity index is 0.00000312. The van der Waals surface area contributed by atoms with Crippen LogP contribution in [0.25, 0.3) is 0 Å². The maximum Gasteiger partial charge on any atom is 0.308 e. The number of nitrogens with one attached hydrogen (secondary N) is 1. The van der Waals surface area contributed by atoms with Crippen LogP contribution >= 0.6 is 28.3 Å². The van der Waals surface area contributed by atoms with Gasteiger partial charge in [0.05, 0.1) is 19.1 Å². The topological polar surface area (TPSA) is 81.4 Å². The summed E-state index contributed by atoms with van der Waals surface area (Å²) in [5, 5.41) is 2.98. The number of hydrogen-bond acceptors (Lipinski definition) is 4. The fourth-order valence-corrected chi connectivity index (χ4v) is 3.41. The summed E-state index contributed by atoms with van der Waals surface area (Å²) >= 11 is 3.39. The molecule has 0 bridgehead atoms. The molecule has 1 aliphatic carbocycles. The first-order chi connectivity index (χ1) is 11.5. The molecule has 1 amide bonds. The molecule has 3 N–H and O–H groups in total. The van der Waals surface area contributed by atoms with Crippen molar-refractivity contribution in [3.8, 4) is 0 Å². The van der Waals surface area contributed by atoms with Crippen LogP contribution in [0, 0.1) is 5.92 Å². The third-order valence-corrected chi connectivity index (χ3v) is 4.98. The molecule has 0 saturated heterocycles. The summed E-state index contributed by atoms with van der Waals surface area (Å²) in [6.07, 6.45) is 3.60. The predicted octanol–water partition coefficient (Wildman–Crippen LogP) is 3.50. The molecule has 0 aliphatic heterocycles. The third-order valence-electron chi connectivity index (χ3n) is 4.45. The molecule has 0 aromatic heterocycles. The van der Waals surface area contributed by atoms with Gasteiger partial charge in [-0.05, 0) is 43.4 Å². The highest BCUT2D eigenvalue weighted by atomic mass is 79.9. The normalized spacial score (nSPS) is 20.4. The molecule has 0 heterocycles. The lowest BCUT2D eigenvalue weighted by molar-refractivity contribution is -0.143. The van der Waals surface area contributed by atoms with E-state index in [1.165, 1.54) is 0 Å². The third kappa shape index (κ3) is 6.96. The second-order valence-corrected chi connectivity index (χ2v) is 7.16. The van der Waals surface area contributed by atoms with Crippen molar-refractivity contribution in [2.45, 2.75) is 51.1 Å². The molecule has 1 aromatic rings. The van der Waals surface area contributed by atoms with Gasteiger partial charge in [-0.2, -0.15) is 0 Å². The van der Waals surface area contributed by atoms with Crippen LogP contribution in [0.1, 0.15) is 50.6 Å². The largest absolute Gasteiger partial charge is 0.466 e. The molecule has 1 aromatic carbocycles. The Morgan fingerprint density at radius 1 is 1.32 bits per heavy atom. The van der Waals surface area contributed by atoms with Gasteiger partial charge in [0, 0.05) is 16.9 Å². The number of amides is 1. The highest BCUT2D eigenvalue weighted by molar-refractivity contribution is 9.10. The lowest BCUT2D eigenvalue weighted by Crippen LogP contribution is -2.34. The van der Waals surface area contributed by atoms with Gasteiger partial charge in [-0.3, -0.25) is 9.59 Å². The van der Waals surface area contributed by atoms with Crippen LogP contribution in [0.2, 0.25) is 0 Å². The van der Waals surface area contributed by atoms with E-state index in [4.69, 9.17) is 10.5 Å². The van der Waals surface area contributed by atoms with Gasteiger partial charge in [-0.1, -0.05) is 34.5 Å². The quantitative estimate of drug-likeness (QED) is 0.645. The fraction of sp³-hybridized carbons (Fsp3) is 0.556. The summed E-state index contributed by atoms with van der Waals surface area (Å²) in [4.78, 5) is 24.3. The Labute approximate surface area is 163 Å². The van der Waals surface area contributed by atoms with Crippen molar-refractivity contribution in [2.75, 3.05) is 6.61 Å². The summed E-state index contributed by atoms with van der Waals surface area (Å²) < 4.78 is 5.98. The molecule has 1 aliphatic rings. The molecule has 25 heavy (non-hydrogen) atoms. The lowest BCUT2D eigenvalue weighted by Gasteiger charge is -2.21. The number of carbonyl (C=O) groups excluding carboxylic acids is 2. The van der Waals surface area contributed by atoms with Crippen molar-refractivity contribution in [3.05, 3.63) is 34.3 Å². The highest BCUT2D eigenvalue weighted by Gasteiger charge is 2.27. The standard InChI is InChI=1S/C18H25BrN2O3.ClH/c1-2-24-18(23)11-16(12-6-8-14(19)9-7-12)21-17(22)10-13-4-3-5-15(13)20;/h6-9,13,15-16H,2-5,10-11,20H2,1H3,(H,21,22);1H/t13-,15+,16?;/m0./s1. The Kier molecular flexibility index (Phi) is 9.46. The van der Waals surface area contributed by atoms with Crippen LogP contribution in [0.15, 0.2) is 28.7 Å². The van der Waals surface area contributed by atoms with Crippen LogP contribution in [-0.2, 0) is 14.3 Å². The molecular weight excluding hydrogens is 408 g/mol. The van der Waals surface area contributed by atoms with Gasteiger partial charge in [0.15, 0.2) is 0 Å². The number of nitrogens with two attached hydrogens (primary N) is 1. The number of benzene rings is 1. The van der Waals surface area contributed by atoms with E-state index in [2.05, 4.69) is 21.2 Å². The number of hydrogen-bond donors (Lipinski definition) is 2. The summed E-state index contributed by atoms with van der Waals surface area (Å²) in [5.74, 6) is -0.143. The van der Waals surface area contributed by atoms with Crippen molar-refractivity contribution in [3.63, 3.8) is 0 Å². The molecule has 3 atom stereocenters. The van der Waals surface area contributed by atoms with Crippen molar-refractivity contribution in [2.24, 2.45) is 11.7 Å². The molecule has 0 spiro atoms. The molecule has 1 fully saturated rings. The summed E-state index contributed by atoms with van der Waals surface area (Å²) in [7, 11) is 0. The molecule has 7 heteroatoms. The fourth-order valence-electron chi connectivity index (χ4n) is 3.14. The lowest BCUT2D eigenvalue weighted by atomic mass is 9.98. The van der Waals surface area contributed by atoms with Crippen LogP contribution in [0.3, 0.4) is 0 Å². The van der Waals surface area contributed by atoms with Gasteiger partial charge in [-0.15, -0.1) is 12.4 Å². The summed E-state index contributed by atoms with van der Waals surface area (Å²) in [6, 6.07) is 7.30. The summed E-state index contributed by atoms with van der Waals surface area (Å²) in [6.45, 7) is 2.10. The predicted molar refractivity (Wildman–Crippen MR) is 103 cm³/mol. The smallest absolute Gasteiger partial charge is 0.308 e. The second-order valence-electron chi connectivity index (χ2n) is 6.24. The number of rotatable bonds is 7. The molecule has 1 unspecified atom stereocenters. The van der Waals surface area contributed by atoms with Gasteiger partial charge < -0.3 is 15.8 Å². The van der Waals surface area contributed by atoms with E-state index in [1.54, 1.807) is 6.92 Å². The van der Waals surface area contributed by atoms with E-state index in [0.717, 1.165) is 29.3 Å². The number of ether oxygens (including phenoxy) is 1. The van der Waals surface area contributed by atoms with Crippen molar-refractivity contribution >= 4 is 40.2 Å². The molecule has 2 rings (SSSR count). The van der Waals surface area contributed by atoms with Gasteiger partial charge >= 0.3 is 5.97 Å². The Bertz CT molecular complexity index is 568. The SMILES string of the molecule is CCOC(=O)CC(NC(=O)C[C@@H]1CCC[C@H]1N)c1ccc(Br)cc1.Cl. The van der Waals surface area contributed by atoms with E-state index in [-0.39, 0.29) is 48.7 Å². The first kappa shape index (κ1) is 21.9. The Hall–Kier alpha value is -1.11. The zero-order valence-corrected chi connectivity index (χ0v) is 16.8. The van der Waals surface area contributed by atoms with Gasteiger partial charge in [-0.25, -0.2) is 0 Å². The molecule has 0 radical (unpaired) electrons. The molecule has 1 saturated carbocycles. The van der Waals surface area contributed by atoms with Crippen LogP contribution < -0.4 is 11.1 Å². The minimum atomic E-state index is -0.387. The van der Waals surface area contributed by atoms with E-state index in [9.17, 15) is 9.59 Å². The zero-order valence-electron chi connectivity index (χ0n) is 14.4. The van der Waals surface area contributed by atoms with E-state index >= 15 is 0 Å². The van der Waals surface area contributed by atoms with Crippen LogP contribution in [-0.4, -0.2) is 24.5 Å². The zero-order chi connectivity index (χ0) is 17.5. The average Bonchev–Trinajstić information content (AvgIpc) is 2.92. The number of esters is 1. The van der Waals surface area contributed by atoms with E-state index in [0.29, 0.717) is 13.0 Å². The molecular formula is C18H26BrClN2O3. The Morgan fingerprint density at radius 2 is 2.00 bits per heavy atom. The number of halogens is 2. The van der Waals surface area contributed by atoms with Crippen molar-refractivity contribution in [1.29, 1.82) is 0 Å². The Morgan fingerprint density at radius 3 is 2.56 bits per heavy atom. The van der Waals surface area contributed by atoms with Gasteiger partial charge in [0.25, 0.3) is 0 Å². The van der Waals surface area contributed by atoms with Crippen LogP contribution in [0.4, 0.5) is 0 Å². The van der Waals surface area contributed by atoms with Gasteiger partial charge in [0.2, 0.25) is 5.91 Å². The average molecular weight is 434 g/mol. The number of carbonyl (C=O) groups is 2. The maximum absolute atomic E-state index is 12.4. The minimum Gasteiger partial charge on any atom is -0.466 e. The summed E-state index contributed by atoms with van der Waals surface area (Å²) in [5.41, 5.74) is 6.93. The maximum atomic E-state index is 12.4. The first-order valence-electron chi connectivity index (χ1n) is 8.45. The van der Waals surface area contributed by atoms with Gasteiger partial charge in [0.1, 0.15) is 0 Å². The minimum absolute atomic E-state index is 0. The first-order valence-corrected chi connectivity index (χ1v) is 9.25. The highest BCUT2D eigenvalue weighted by Crippen LogP contribution is 2.27. The molecule has 140 valence electrons.